The van der Waals surface area contributed by atoms with Crippen molar-refractivity contribution in [1.82, 2.24) is 0 Å². The fourth-order valence-electron chi connectivity index (χ4n) is 1.82. The number of esters is 1. The van der Waals surface area contributed by atoms with Crippen LogP contribution in [0.5, 0.6) is 11.5 Å². The Balaban J connectivity index is 2.96. The molecule has 2 N–H and O–H groups in total. The van der Waals surface area contributed by atoms with Gasteiger partial charge < -0.3 is 19.9 Å². The molecule has 1 atom stereocenters. The molecule has 0 saturated heterocycles. The standard InChI is InChI=1S/C15H21NO5/c1-4-5-6-12(15(18)20-3)21-11-8-7-10(14(16)17)9-13(11)19-2/h7-9,12H,4-6H2,1-3H3,(H2,16,17). The number of unbranched alkanes of at least 4 members (excludes halogenated alkanes) is 1. The van der Waals surface area contributed by atoms with E-state index < -0.39 is 18.0 Å². The minimum Gasteiger partial charge on any atom is -0.493 e. The number of primary amides is 1. The monoisotopic (exact) mass is 295 g/mol. The molecular formula is C15H21NO5. The largest absolute Gasteiger partial charge is 0.493 e. The summed E-state index contributed by atoms with van der Waals surface area (Å²) in [5, 5.41) is 0. The van der Waals surface area contributed by atoms with E-state index in [4.69, 9.17) is 19.9 Å². The molecule has 0 spiro atoms. The number of hydrogen-bond donors (Lipinski definition) is 1. The third kappa shape index (κ3) is 4.66. The zero-order valence-electron chi connectivity index (χ0n) is 12.5. The number of carbonyl (C=O) groups excluding carboxylic acids is 2. The Morgan fingerprint density at radius 1 is 1.24 bits per heavy atom. The molecule has 0 bridgehead atoms. The van der Waals surface area contributed by atoms with Crippen molar-refractivity contribution < 1.29 is 23.8 Å². The van der Waals surface area contributed by atoms with Gasteiger partial charge in [-0.3, -0.25) is 4.79 Å². The van der Waals surface area contributed by atoms with Gasteiger partial charge in [0.15, 0.2) is 17.6 Å². The Labute approximate surface area is 124 Å². The van der Waals surface area contributed by atoms with Gasteiger partial charge in [-0.25, -0.2) is 4.79 Å². The number of benzene rings is 1. The molecule has 6 nitrogen and oxygen atoms in total. The summed E-state index contributed by atoms with van der Waals surface area (Å²) in [5.74, 6) is -0.287. The third-order valence-electron chi connectivity index (χ3n) is 3.00. The fourth-order valence-corrected chi connectivity index (χ4v) is 1.82. The third-order valence-corrected chi connectivity index (χ3v) is 3.00. The Bertz CT molecular complexity index is 501. The lowest BCUT2D eigenvalue weighted by molar-refractivity contribution is -0.149. The van der Waals surface area contributed by atoms with Crippen LogP contribution in [0.2, 0.25) is 0 Å². The van der Waals surface area contributed by atoms with Crippen molar-refractivity contribution in [3.63, 3.8) is 0 Å². The number of ether oxygens (including phenoxy) is 3. The predicted molar refractivity (Wildman–Crippen MR) is 77.5 cm³/mol. The summed E-state index contributed by atoms with van der Waals surface area (Å²) >= 11 is 0. The highest BCUT2D eigenvalue weighted by molar-refractivity contribution is 5.93. The highest BCUT2D eigenvalue weighted by atomic mass is 16.6. The van der Waals surface area contributed by atoms with Gasteiger partial charge >= 0.3 is 5.97 Å². The van der Waals surface area contributed by atoms with E-state index in [9.17, 15) is 9.59 Å². The molecule has 21 heavy (non-hydrogen) atoms. The van der Waals surface area contributed by atoms with Gasteiger partial charge in [-0.2, -0.15) is 0 Å². The Morgan fingerprint density at radius 3 is 2.48 bits per heavy atom. The summed E-state index contributed by atoms with van der Waals surface area (Å²) in [7, 11) is 2.77. The quantitative estimate of drug-likeness (QED) is 0.740. The molecule has 0 aliphatic carbocycles. The molecule has 0 aromatic heterocycles. The van der Waals surface area contributed by atoms with E-state index in [0.717, 1.165) is 12.8 Å². The number of carbonyl (C=O) groups is 2. The molecule has 1 aromatic rings. The second-order valence-corrected chi connectivity index (χ2v) is 4.50. The summed E-state index contributed by atoms with van der Waals surface area (Å²) in [6, 6.07) is 4.56. The first-order valence-electron chi connectivity index (χ1n) is 6.75. The molecule has 0 aliphatic heterocycles. The summed E-state index contributed by atoms with van der Waals surface area (Å²) in [6.07, 6.45) is 1.61. The van der Waals surface area contributed by atoms with E-state index in [1.165, 1.54) is 26.4 Å². The lowest BCUT2D eigenvalue weighted by atomic mass is 10.1. The van der Waals surface area contributed by atoms with Gasteiger partial charge in [-0.1, -0.05) is 13.3 Å². The molecule has 0 radical (unpaired) electrons. The SMILES string of the molecule is CCCCC(Oc1ccc(C(N)=O)cc1OC)C(=O)OC. The van der Waals surface area contributed by atoms with Crippen LogP contribution in [0.15, 0.2) is 18.2 Å². The predicted octanol–water partition coefficient (Wildman–Crippen LogP) is 1.90. The van der Waals surface area contributed by atoms with Crippen LogP contribution in [0.3, 0.4) is 0 Å². The molecule has 0 aliphatic rings. The van der Waals surface area contributed by atoms with Crippen molar-refractivity contribution in [3.8, 4) is 11.5 Å². The van der Waals surface area contributed by atoms with Crippen LogP contribution < -0.4 is 15.2 Å². The van der Waals surface area contributed by atoms with Crippen molar-refractivity contribution in [2.45, 2.75) is 32.3 Å². The van der Waals surface area contributed by atoms with Crippen molar-refractivity contribution >= 4 is 11.9 Å². The number of nitrogens with two attached hydrogens (primary N) is 1. The number of amides is 1. The summed E-state index contributed by atoms with van der Waals surface area (Å²) in [6.45, 7) is 2.02. The van der Waals surface area contributed by atoms with Crippen LogP contribution in [0, 0.1) is 0 Å². The van der Waals surface area contributed by atoms with Crippen LogP contribution in [0.1, 0.15) is 36.5 Å². The Kier molecular flexibility index (Phi) is 6.52. The van der Waals surface area contributed by atoms with E-state index in [1.54, 1.807) is 6.07 Å². The maximum Gasteiger partial charge on any atom is 0.347 e. The molecule has 0 saturated carbocycles. The minimum atomic E-state index is -0.705. The van der Waals surface area contributed by atoms with Gasteiger partial charge in [0, 0.05) is 5.56 Å². The number of methoxy groups -OCH3 is 2. The van der Waals surface area contributed by atoms with Crippen LogP contribution in [-0.4, -0.2) is 32.2 Å². The lowest BCUT2D eigenvalue weighted by Crippen LogP contribution is -2.28. The summed E-state index contributed by atoms with van der Waals surface area (Å²) in [4.78, 5) is 22.9. The summed E-state index contributed by atoms with van der Waals surface area (Å²) in [5.41, 5.74) is 5.52. The zero-order chi connectivity index (χ0) is 15.8. The van der Waals surface area contributed by atoms with Gasteiger partial charge in [0.1, 0.15) is 0 Å². The lowest BCUT2D eigenvalue weighted by Gasteiger charge is -2.18. The maximum absolute atomic E-state index is 11.7. The zero-order valence-corrected chi connectivity index (χ0v) is 12.5. The average Bonchev–Trinajstić information content (AvgIpc) is 2.50. The van der Waals surface area contributed by atoms with E-state index in [1.807, 2.05) is 6.92 Å². The molecule has 6 heteroatoms. The van der Waals surface area contributed by atoms with Gasteiger partial charge in [0.05, 0.1) is 14.2 Å². The molecular weight excluding hydrogens is 274 g/mol. The first-order chi connectivity index (χ1) is 10.0. The van der Waals surface area contributed by atoms with Crippen LogP contribution in [0.4, 0.5) is 0 Å². The minimum absolute atomic E-state index is 0.308. The van der Waals surface area contributed by atoms with Crippen molar-refractivity contribution in [3.05, 3.63) is 23.8 Å². The van der Waals surface area contributed by atoms with Crippen LogP contribution in [0.25, 0.3) is 0 Å². The van der Waals surface area contributed by atoms with E-state index in [0.29, 0.717) is 23.5 Å². The average molecular weight is 295 g/mol. The topological polar surface area (TPSA) is 87.9 Å². The van der Waals surface area contributed by atoms with Gasteiger partial charge in [-0.15, -0.1) is 0 Å². The van der Waals surface area contributed by atoms with Gasteiger partial charge in [0.25, 0.3) is 0 Å². The van der Waals surface area contributed by atoms with Crippen molar-refractivity contribution in [2.24, 2.45) is 5.73 Å². The first kappa shape index (κ1) is 16.8. The van der Waals surface area contributed by atoms with E-state index in [2.05, 4.69) is 0 Å². The summed E-state index contributed by atoms with van der Waals surface area (Å²) < 4.78 is 15.6. The molecule has 1 amide bonds. The van der Waals surface area contributed by atoms with Gasteiger partial charge in [0.2, 0.25) is 5.91 Å². The maximum atomic E-state index is 11.7. The van der Waals surface area contributed by atoms with E-state index in [-0.39, 0.29) is 0 Å². The van der Waals surface area contributed by atoms with Crippen LogP contribution in [-0.2, 0) is 9.53 Å². The van der Waals surface area contributed by atoms with E-state index >= 15 is 0 Å². The Morgan fingerprint density at radius 2 is 1.95 bits per heavy atom. The molecule has 0 fully saturated rings. The van der Waals surface area contributed by atoms with Crippen molar-refractivity contribution in [2.75, 3.05) is 14.2 Å². The number of hydrogen-bond acceptors (Lipinski definition) is 5. The Hall–Kier alpha value is -2.24. The highest BCUT2D eigenvalue weighted by Gasteiger charge is 2.22. The van der Waals surface area contributed by atoms with Crippen LogP contribution >= 0.6 is 0 Å². The number of rotatable bonds is 8. The first-order valence-corrected chi connectivity index (χ1v) is 6.75. The second kappa shape index (κ2) is 8.14. The molecule has 1 unspecified atom stereocenters. The highest BCUT2D eigenvalue weighted by Crippen LogP contribution is 2.29. The molecule has 0 heterocycles. The van der Waals surface area contributed by atoms with Crippen molar-refractivity contribution in [1.29, 1.82) is 0 Å². The second-order valence-electron chi connectivity index (χ2n) is 4.50. The fraction of sp³-hybridized carbons (Fsp3) is 0.467. The molecule has 1 rings (SSSR count). The smallest absolute Gasteiger partial charge is 0.347 e. The normalized spacial score (nSPS) is 11.6. The molecule has 1 aromatic carbocycles. The molecule has 116 valence electrons. The van der Waals surface area contributed by atoms with Gasteiger partial charge in [-0.05, 0) is 31.0 Å².